The summed E-state index contributed by atoms with van der Waals surface area (Å²) in [6, 6.07) is 94.2. The first kappa shape index (κ1) is 55.5. The fourth-order valence-electron chi connectivity index (χ4n) is 21.1. The molecule has 5 aliphatic heterocycles. The third-order valence-electron chi connectivity index (χ3n) is 24.2. The van der Waals surface area contributed by atoms with Gasteiger partial charge in [0.15, 0.2) is 0 Å². The van der Waals surface area contributed by atoms with Gasteiger partial charge in [0.1, 0.15) is 0 Å². The Morgan fingerprint density at radius 1 is 0.170 bits per heavy atom. The van der Waals surface area contributed by atoms with Crippen molar-refractivity contribution in [3.63, 3.8) is 0 Å². The molecule has 5 heterocycles. The highest BCUT2D eigenvalue weighted by Gasteiger charge is 2.65. The highest BCUT2D eigenvalue weighted by atomic mass is 15.4. The maximum atomic E-state index is 4.86. The topological polar surface area (TPSA) is 96.2 Å². The molecule has 448 valence electrons. The van der Waals surface area contributed by atoms with E-state index in [1.807, 2.05) is 0 Å². The first-order valence-electron chi connectivity index (χ1n) is 34.2. The lowest BCUT2D eigenvalue weighted by Crippen LogP contribution is -2.62. The Kier molecular flexibility index (Phi) is 15.1. The zero-order valence-electron chi connectivity index (χ0n) is 50.6. The van der Waals surface area contributed by atoms with Gasteiger partial charge < -0.3 is 0 Å². The van der Waals surface area contributed by atoms with Crippen LogP contribution >= 0.6 is 0 Å². The van der Waals surface area contributed by atoms with Crippen molar-refractivity contribution in [1.82, 2.24) is 42.5 Å². The molecule has 8 heteroatoms. The van der Waals surface area contributed by atoms with Crippen LogP contribution in [0.3, 0.4) is 0 Å². The molecule has 9 aliphatic rings. The van der Waals surface area contributed by atoms with E-state index < -0.39 is 0 Å². The van der Waals surface area contributed by atoms with Gasteiger partial charge >= 0.3 is 0 Å². The van der Waals surface area contributed by atoms with Crippen LogP contribution < -0.4 is 42.5 Å². The monoisotopic (exact) mass is 1160 g/mol. The molecular weight excluding hydrogens is 1070 g/mol. The molecule has 8 bridgehead atoms. The van der Waals surface area contributed by atoms with E-state index in [9.17, 15) is 0 Å². The van der Waals surface area contributed by atoms with Crippen LogP contribution in [-0.4, -0.2) is 49.3 Å². The van der Waals surface area contributed by atoms with Gasteiger partial charge in [0.05, 0.1) is 49.3 Å². The van der Waals surface area contributed by atoms with Crippen molar-refractivity contribution in [2.75, 3.05) is 0 Å². The van der Waals surface area contributed by atoms with Crippen LogP contribution in [0.5, 0.6) is 0 Å². The van der Waals surface area contributed by atoms with Crippen molar-refractivity contribution in [1.29, 1.82) is 0 Å². The van der Waals surface area contributed by atoms with E-state index >= 15 is 0 Å². The maximum Gasteiger partial charge on any atom is 0.0634 e. The van der Waals surface area contributed by atoms with Gasteiger partial charge in [-0.1, -0.05) is 268 Å². The first-order valence-corrected chi connectivity index (χ1v) is 34.2. The molecule has 5 saturated heterocycles. The van der Waals surface area contributed by atoms with Gasteiger partial charge in [-0.25, -0.2) is 0 Å². The second kappa shape index (κ2) is 24.0. The quantitative estimate of drug-likeness (QED) is 0.0763. The minimum Gasteiger partial charge on any atom is -0.286 e. The Morgan fingerprint density at radius 3 is 0.500 bits per heavy atom. The largest absolute Gasteiger partial charge is 0.286 e. The minimum atomic E-state index is -0.0885. The van der Waals surface area contributed by atoms with Crippen molar-refractivity contribution in [3.8, 4) is 0 Å². The number of hydrogen-bond acceptors (Lipinski definition) is 8. The molecule has 24 atom stereocenters. The highest BCUT2D eigenvalue weighted by Crippen LogP contribution is 2.67. The Hall–Kier alpha value is -6.56. The number of nitrogens with one attached hydrogen (secondary N) is 8. The minimum absolute atomic E-state index is 0.0238. The predicted molar refractivity (Wildman–Crippen MR) is 354 cm³/mol. The Balaban J connectivity index is 0.907. The summed E-state index contributed by atoms with van der Waals surface area (Å²) >= 11 is 0. The second-order valence-corrected chi connectivity index (χ2v) is 28.2. The van der Waals surface area contributed by atoms with Crippen LogP contribution in [0, 0.1) is 47.3 Å². The SMILES string of the molecule is c1ccc(C2C(c3ccccc3)C(c3ccccc3)C3C4NC(NC5NC(NC6NC(NC7NC(N4)C4C(c8ccccc8)C(c8ccccc8)C(c8ccccc8)C(c8ccccc8)C74)C4CCCCC64)C4CCCCC54)C3C2c2ccccc2)cc1. The van der Waals surface area contributed by atoms with Gasteiger partial charge in [-0.05, 0) is 141 Å². The molecule has 8 nitrogen and oxygen atoms in total. The highest BCUT2D eigenvalue weighted by molar-refractivity contribution is 5.46. The third-order valence-corrected chi connectivity index (χ3v) is 24.2. The summed E-state index contributed by atoms with van der Waals surface area (Å²) in [5.74, 6) is 4.10. The number of fused-ring (bicyclic) bond motifs is 20. The standard InChI is InChI=1S/C80H88N8/c1-9-29-49(30-10-1)61-63(51-33-13-3-14-34-51)67(55-41-21-7-22-42-55)71-69(65(61)53-37-17-5-18-38-53)77-84-75-59-47-27-25-45-57(59)73(82-75)81-74-58-46-26-28-48-60(58)76(83-74)85-78-70-66(54-39-19-6-20-40-54)62(50-31-11-2-12-32-50)64(52-35-15-4-16-36-52)68(56-43-23-8-24-44-56)72(70)80(87-78)88-79(71)86-77/h1-24,29-44,57-88H,25-28,45-48H2. The van der Waals surface area contributed by atoms with Gasteiger partial charge in [-0.15, -0.1) is 0 Å². The van der Waals surface area contributed by atoms with Gasteiger partial charge in [-0.2, -0.15) is 0 Å². The van der Waals surface area contributed by atoms with Crippen molar-refractivity contribution in [3.05, 3.63) is 287 Å². The summed E-state index contributed by atoms with van der Waals surface area (Å²) in [4.78, 5) is 0. The molecule has 17 rings (SSSR count). The third kappa shape index (κ3) is 9.79. The number of rotatable bonds is 8. The van der Waals surface area contributed by atoms with E-state index in [1.165, 1.54) is 95.9 Å². The molecule has 88 heavy (non-hydrogen) atoms. The van der Waals surface area contributed by atoms with E-state index in [0.29, 0.717) is 23.7 Å². The molecule has 9 fully saturated rings. The lowest BCUT2D eigenvalue weighted by atomic mass is 9.50. The molecule has 8 N–H and O–H groups in total. The molecule has 24 unspecified atom stereocenters. The zero-order chi connectivity index (χ0) is 58.1. The Morgan fingerprint density at radius 2 is 0.318 bits per heavy atom. The molecule has 8 aromatic rings. The summed E-state index contributed by atoms with van der Waals surface area (Å²) in [6.45, 7) is 0. The lowest BCUT2D eigenvalue weighted by Gasteiger charge is -2.54. The summed E-state index contributed by atoms with van der Waals surface area (Å²) in [6.07, 6.45) is 10.7. The van der Waals surface area contributed by atoms with Crippen molar-refractivity contribution < 1.29 is 0 Å². The fraction of sp³-hybridized carbons (Fsp3) is 0.400. The molecule has 4 saturated carbocycles. The van der Waals surface area contributed by atoms with Gasteiger partial charge in [-0.3, -0.25) is 42.5 Å². The van der Waals surface area contributed by atoms with Crippen molar-refractivity contribution in [2.24, 2.45) is 47.3 Å². The lowest BCUT2D eigenvalue weighted by molar-refractivity contribution is 0.0918. The molecule has 0 aromatic heterocycles. The molecule has 8 aromatic carbocycles. The normalized spacial score (nSPS) is 39.1. The van der Waals surface area contributed by atoms with E-state index in [4.69, 9.17) is 16.0 Å². The molecule has 0 spiro atoms. The fourth-order valence-corrected chi connectivity index (χ4v) is 21.1. The van der Waals surface area contributed by atoms with Crippen molar-refractivity contribution in [2.45, 2.75) is 148 Å². The Labute approximate surface area is 522 Å². The van der Waals surface area contributed by atoms with Crippen LogP contribution in [0.1, 0.15) is 143 Å². The summed E-state index contributed by atoms with van der Waals surface area (Å²) in [5, 5.41) is 37.0. The molecule has 0 radical (unpaired) electrons. The van der Waals surface area contributed by atoms with Crippen LogP contribution in [0.4, 0.5) is 0 Å². The van der Waals surface area contributed by atoms with Crippen LogP contribution in [-0.2, 0) is 0 Å². The summed E-state index contributed by atoms with van der Waals surface area (Å²) in [5.41, 5.74) is 11.4. The summed E-state index contributed by atoms with van der Waals surface area (Å²) in [7, 11) is 0. The van der Waals surface area contributed by atoms with Gasteiger partial charge in [0.2, 0.25) is 0 Å². The van der Waals surface area contributed by atoms with Crippen LogP contribution in [0.2, 0.25) is 0 Å². The smallest absolute Gasteiger partial charge is 0.0634 e. The molecule has 4 aliphatic carbocycles. The van der Waals surface area contributed by atoms with Gasteiger partial charge in [0, 0.05) is 23.7 Å². The molecular formula is C80H88N8. The molecule has 0 amide bonds. The second-order valence-electron chi connectivity index (χ2n) is 28.2. The average Bonchev–Trinajstić information content (AvgIpc) is 1.48. The van der Waals surface area contributed by atoms with Crippen molar-refractivity contribution >= 4 is 0 Å². The Bertz CT molecular complexity index is 3330. The van der Waals surface area contributed by atoms with E-state index in [0.717, 1.165) is 0 Å². The maximum absolute atomic E-state index is 4.86. The van der Waals surface area contributed by atoms with E-state index in [-0.39, 0.29) is 120 Å². The van der Waals surface area contributed by atoms with Gasteiger partial charge in [0.25, 0.3) is 0 Å². The number of hydrogen-bond donors (Lipinski definition) is 8. The zero-order valence-corrected chi connectivity index (χ0v) is 50.6. The van der Waals surface area contributed by atoms with E-state index in [1.54, 1.807) is 0 Å². The number of benzene rings is 8. The average molecular weight is 1160 g/mol. The first-order chi connectivity index (χ1) is 43.7. The van der Waals surface area contributed by atoms with E-state index in [2.05, 4.69) is 269 Å². The summed E-state index contributed by atoms with van der Waals surface area (Å²) < 4.78 is 0. The van der Waals surface area contributed by atoms with Crippen LogP contribution in [0.15, 0.2) is 243 Å². The predicted octanol–water partition coefficient (Wildman–Crippen LogP) is 13.8. The van der Waals surface area contributed by atoms with Crippen LogP contribution in [0.25, 0.3) is 0 Å².